The Labute approximate surface area is 178 Å². The van der Waals surface area contributed by atoms with Gasteiger partial charge in [0.2, 0.25) is 5.91 Å². The lowest BCUT2D eigenvalue weighted by atomic mass is 9.91. The molecule has 2 aliphatic rings. The van der Waals surface area contributed by atoms with Crippen molar-refractivity contribution in [3.8, 4) is 11.5 Å². The molecule has 1 amide bonds. The van der Waals surface area contributed by atoms with Gasteiger partial charge in [-0.25, -0.2) is 0 Å². The molecule has 2 N–H and O–H groups in total. The molecule has 3 rings (SSSR count). The Morgan fingerprint density at radius 2 is 1.93 bits per heavy atom. The van der Waals surface area contributed by atoms with Crippen molar-refractivity contribution in [3.05, 3.63) is 35.9 Å². The molecule has 6 nitrogen and oxygen atoms in total. The topological polar surface area (TPSA) is 62.8 Å². The number of rotatable bonds is 7. The predicted octanol–water partition coefficient (Wildman–Crippen LogP) is 2.97. The number of fused-ring (bicyclic) bond motifs is 1. The molecule has 0 unspecified atom stereocenters. The number of hydrogen-bond acceptors (Lipinski definition) is 4. The number of benzene rings is 1. The van der Waals surface area contributed by atoms with Gasteiger partial charge in [-0.15, -0.1) is 6.58 Å². The molecule has 7 heteroatoms. The zero-order valence-corrected chi connectivity index (χ0v) is 18.1. The maximum Gasteiger partial charge on any atom is 0.223 e. The summed E-state index contributed by atoms with van der Waals surface area (Å²) >= 11 is 5.64. The maximum absolute atomic E-state index is 12.6. The third-order valence-corrected chi connectivity index (χ3v) is 6.24. The highest BCUT2D eigenvalue weighted by Crippen LogP contribution is 2.38. The van der Waals surface area contributed by atoms with Gasteiger partial charge in [0.1, 0.15) is 0 Å². The van der Waals surface area contributed by atoms with Crippen molar-refractivity contribution >= 4 is 23.2 Å². The number of nitrogens with zero attached hydrogens (tertiary/aromatic N) is 1. The summed E-state index contributed by atoms with van der Waals surface area (Å²) in [6.45, 7) is 5.64. The lowest BCUT2D eigenvalue weighted by molar-refractivity contribution is -0.125. The molecule has 1 aliphatic heterocycles. The van der Waals surface area contributed by atoms with E-state index in [0.29, 0.717) is 24.0 Å². The second-order valence-corrected chi connectivity index (χ2v) is 7.95. The van der Waals surface area contributed by atoms with Gasteiger partial charge in [0.05, 0.1) is 20.3 Å². The maximum atomic E-state index is 12.6. The molecule has 158 valence electrons. The fourth-order valence-electron chi connectivity index (χ4n) is 4.28. The molecule has 1 saturated carbocycles. The summed E-state index contributed by atoms with van der Waals surface area (Å²) in [4.78, 5) is 14.8. The highest BCUT2D eigenvalue weighted by molar-refractivity contribution is 7.80. The lowest BCUT2D eigenvalue weighted by Crippen LogP contribution is -2.49. The van der Waals surface area contributed by atoms with E-state index >= 15 is 0 Å². The second kappa shape index (κ2) is 9.96. The molecule has 1 aromatic rings. The molecule has 0 bridgehead atoms. The molecule has 1 atom stereocenters. The van der Waals surface area contributed by atoms with Crippen LogP contribution in [0.4, 0.5) is 0 Å². The van der Waals surface area contributed by atoms with Gasteiger partial charge in [-0.1, -0.05) is 18.9 Å². The lowest BCUT2D eigenvalue weighted by Gasteiger charge is -2.39. The molecule has 0 aromatic heterocycles. The summed E-state index contributed by atoms with van der Waals surface area (Å²) in [5, 5.41) is 7.08. The zero-order valence-electron chi connectivity index (χ0n) is 17.3. The summed E-state index contributed by atoms with van der Waals surface area (Å²) in [6, 6.07) is 3.99. The summed E-state index contributed by atoms with van der Waals surface area (Å²) in [5.74, 6) is 1.70. The fourth-order valence-corrected chi connectivity index (χ4v) is 4.58. The molecule has 0 saturated heterocycles. The van der Waals surface area contributed by atoms with E-state index in [1.54, 1.807) is 20.3 Å². The van der Waals surface area contributed by atoms with Crippen LogP contribution in [0.2, 0.25) is 0 Å². The van der Waals surface area contributed by atoms with E-state index in [9.17, 15) is 4.79 Å². The van der Waals surface area contributed by atoms with Crippen molar-refractivity contribution < 1.29 is 14.3 Å². The molecule has 1 aliphatic carbocycles. The first-order valence-corrected chi connectivity index (χ1v) is 10.7. The normalized spacial score (nSPS) is 18.7. The van der Waals surface area contributed by atoms with E-state index in [-0.39, 0.29) is 17.9 Å². The monoisotopic (exact) mass is 417 g/mol. The molecule has 1 fully saturated rings. The van der Waals surface area contributed by atoms with Crippen LogP contribution in [0.25, 0.3) is 0 Å². The number of carbonyl (C=O) groups is 1. The highest BCUT2D eigenvalue weighted by Gasteiger charge is 2.32. The molecule has 1 aromatic carbocycles. The van der Waals surface area contributed by atoms with Crippen molar-refractivity contribution in [3.63, 3.8) is 0 Å². The van der Waals surface area contributed by atoms with Gasteiger partial charge >= 0.3 is 0 Å². The standard InChI is InChI=1S/C22H31N3O3S/c1-4-10-23-22(29)25-11-9-16-12-19(27-2)20(28-3)13-17(16)18(25)14-24-21(26)15-7-5-6-8-15/h4,12-13,15,18H,1,5-11,14H2,2-3H3,(H,23,29)(H,24,26)/t18-/m1/s1. The Balaban J connectivity index is 1.86. The van der Waals surface area contributed by atoms with Crippen molar-refractivity contribution in [1.82, 2.24) is 15.5 Å². The fraction of sp³-hybridized carbons (Fsp3) is 0.545. The van der Waals surface area contributed by atoms with Crippen molar-refractivity contribution in [1.29, 1.82) is 0 Å². The van der Waals surface area contributed by atoms with Gasteiger partial charge in [-0.2, -0.15) is 0 Å². The van der Waals surface area contributed by atoms with Gasteiger partial charge in [0, 0.05) is 25.6 Å². The third kappa shape index (κ3) is 4.83. The number of thiocarbonyl (C=S) groups is 1. The third-order valence-electron chi connectivity index (χ3n) is 5.86. The van der Waals surface area contributed by atoms with Gasteiger partial charge in [0.25, 0.3) is 0 Å². The van der Waals surface area contributed by atoms with Crippen LogP contribution in [0.3, 0.4) is 0 Å². The van der Waals surface area contributed by atoms with Gasteiger partial charge in [-0.05, 0) is 54.7 Å². The minimum Gasteiger partial charge on any atom is -0.493 e. The van der Waals surface area contributed by atoms with Crippen LogP contribution in [-0.4, -0.2) is 49.8 Å². The summed E-state index contributed by atoms with van der Waals surface area (Å²) in [5.41, 5.74) is 2.31. The quantitative estimate of drug-likeness (QED) is 0.525. The highest BCUT2D eigenvalue weighted by atomic mass is 32.1. The Bertz CT molecular complexity index is 762. The Hall–Kier alpha value is -2.28. The van der Waals surface area contributed by atoms with E-state index in [0.717, 1.165) is 50.0 Å². The van der Waals surface area contributed by atoms with Crippen LogP contribution in [0.1, 0.15) is 42.9 Å². The summed E-state index contributed by atoms with van der Waals surface area (Å²) in [6.07, 6.45) is 6.89. The average Bonchev–Trinajstić information content (AvgIpc) is 3.29. The van der Waals surface area contributed by atoms with E-state index in [2.05, 4.69) is 22.1 Å². The first kappa shape index (κ1) is 21.4. The van der Waals surface area contributed by atoms with Gasteiger partial charge in [-0.3, -0.25) is 4.79 Å². The molecule has 0 radical (unpaired) electrons. The second-order valence-electron chi connectivity index (χ2n) is 7.57. The molecule has 29 heavy (non-hydrogen) atoms. The van der Waals surface area contributed by atoms with E-state index in [1.807, 2.05) is 12.1 Å². The number of hydrogen-bond donors (Lipinski definition) is 2. The van der Waals surface area contributed by atoms with Crippen LogP contribution in [0, 0.1) is 5.92 Å². The average molecular weight is 418 g/mol. The Kier molecular flexibility index (Phi) is 7.36. The number of ether oxygens (including phenoxy) is 2. The van der Waals surface area contributed by atoms with Crippen molar-refractivity contribution in [2.45, 2.75) is 38.1 Å². The minimum absolute atomic E-state index is 0.0614. The molecule has 1 heterocycles. The van der Waals surface area contributed by atoms with Crippen molar-refractivity contribution in [2.75, 3.05) is 33.9 Å². The molecular weight excluding hydrogens is 386 g/mol. The van der Waals surface area contributed by atoms with E-state index in [4.69, 9.17) is 21.7 Å². The first-order valence-electron chi connectivity index (χ1n) is 10.3. The molecule has 0 spiro atoms. The van der Waals surface area contributed by atoms with Crippen molar-refractivity contribution in [2.24, 2.45) is 5.92 Å². The smallest absolute Gasteiger partial charge is 0.223 e. The van der Waals surface area contributed by atoms with Gasteiger partial charge < -0.3 is 25.0 Å². The Morgan fingerprint density at radius 3 is 2.59 bits per heavy atom. The first-order chi connectivity index (χ1) is 14.1. The van der Waals surface area contributed by atoms with Crippen LogP contribution in [-0.2, 0) is 11.2 Å². The SMILES string of the molecule is C=CCNC(=S)N1CCc2cc(OC)c(OC)cc2[C@H]1CNC(=O)C1CCCC1. The van der Waals surface area contributed by atoms with E-state index < -0.39 is 0 Å². The number of methoxy groups -OCH3 is 2. The number of nitrogens with one attached hydrogen (secondary N) is 2. The van der Waals surface area contributed by atoms with Crippen LogP contribution < -0.4 is 20.1 Å². The van der Waals surface area contributed by atoms with E-state index in [1.165, 1.54) is 5.56 Å². The minimum atomic E-state index is -0.0614. The van der Waals surface area contributed by atoms with Gasteiger partial charge in [0.15, 0.2) is 16.6 Å². The van der Waals surface area contributed by atoms with Crippen LogP contribution >= 0.6 is 12.2 Å². The number of amides is 1. The zero-order chi connectivity index (χ0) is 20.8. The number of carbonyl (C=O) groups excluding carboxylic acids is 1. The predicted molar refractivity (Wildman–Crippen MR) is 118 cm³/mol. The largest absolute Gasteiger partial charge is 0.493 e. The molecular formula is C22H31N3O3S. The Morgan fingerprint density at radius 1 is 1.24 bits per heavy atom. The van der Waals surface area contributed by atoms with Crippen LogP contribution in [0.5, 0.6) is 11.5 Å². The summed E-state index contributed by atoms with van der Waals surface area (Å²) in [7, 11) is 3.28. The van der Waals surface area contributed by atoms with Crippen LogP contribution in [0.15, 0.2) is 24.8 Å². The summed E-state index contributed by atoms with van der Waals surface area (Å²) < 4.78 is 11.0.